The Labute approximate surface area is 105 Å². The van der Waals surface area contributed by atoms with Crippen LogP contribution in [0, 0.1) is 17.8 Å². The second-order valence-corrected chi connectivity index (χ2v) is 6.14. The van der Waals surface area contributed by atoms with E-state index in [1.807, 2.05) is 20.8 Å². The quantitative estimate of drug-likeness (QED) is 0.777. The lowest BCUT2D eigenvalue weighted by atomic mass is 9.85. The van der Waals surface area contributed by atoms with Gasteiger partial charge >= 0.3 is 0 Å². The Bertz CT molecular complexity index is 282. The predicted octanol–water partition coefficient (Wildman–Crippen LogP) is 2.79. The van der Waals surface area contributed by atoms with Gasteiger partial charge in [-0.25, -0.2) is 0 Å². The summed E-state index contributed by atoms with van der Waals surface area (Å²) in [5.41, 5.74) is -0.451. The van der Waals surface area contributed by atoms with Crippen LogP contribution in [0.2, 0.25) is 0 Å². The van der Waals surface area contributed by atoms with Gasteiger partial charge in [0.15, 0.2) is 0 Å². The van der Waals surface area contributed by atoms with Gasteiger partial charge in [0.2, 0.25) is 5.91 Å². The van der Waals surface area contributed by atoms with Crippen molar-refractivity contribution in [3.05, 3.63) is 0 Å². The molecule has 0 aromatic carbocycles. The highest BCUT2D eigenvalue weighted by Gasteiger charge is 2.28. The smallest absolute Gasteiger partial charge is 0.223 e. The number of nitrogens with one attached hydrogen (secondary N) is 1. The SMILES string of the molecule is CC(=O)CC(C)(C)NC(=O)C(C)C(C)C(C)C. The van der Waals surface area contributed by atoms with Crippen LogP contribution in [0.4, 0.5) is 0 Å². The molecule has 3 nitrogen and oxygen atoms in total. The van der Waals surface area contributed by atoms with Crippen molar-refractivity contribution < 1.29 is 9.59 Å². The largest absolute Gasteiger partial charge is 0.351 e. The summed E-state index contributed by atoms with van der Waals surface area (Å²) in [6, 6.07) is 0. The van der Waals surface area contributed by atoms with E-state index in [1.54, 1.807) is 6.92 Å². The van der Waals surface area contributed by atoms with E-state index in [1.165, 1.54) is 0 Å². The van der Waals surface area contributed by atoms with E-state index in [0.29, 0.717) is 18.3 Å². The van der Waals surface area contributed by atoms with Crippen molar-refractivity contribution in [2.75, 3.05) is 0 Å². The summed E-state index contributed by atoms with van der Waals surface area (Å²) in [7, 11) is 0. The van der Waals surface area contributed by atoms with Gasteiger partial charge in [-0.05, 0) is 32.6 Å². The molecule has 2 unspecified atom stereocenters. The fourth-order valence-electron chi connectivity index (χ4n) is 1.93. The number of hydrogen-bond acceptors (Lipinski definition) is 2. The van der Waals surface area contributed by atoms with E-state index in [9.17, 15) is 9.59 Å². The van der Waals surface area contributed by atoms with Crippen molar-refractivity contribution in [1.29, 1.82) is 0 Å². The van der Waals surface area contributed by atoms with Gasteiger partial charge in [0.1, 0.15) is 5.78 Å². The average Bonchev–Trinajstić information content (AvgIpc) is 2.11. The number of ketones is 1. The summed E-state index contributed by atoms with van der Waals surface area (Å²) in [6.45, 7) is 13.6. The highest BCUT2D eigenvalue weighted by Crippen LogP contribution is 2.21. The van der Waals surface area contributed by atoms with Crippen LogP contribution in [0.5, 0.6) is 0 Å². The Kier molecular flexibility index (Phi) is 5.86. The Morgan fingerprint density at radius 1 is 1.12 bits per heavy atom. The molecule has 3 heteroatoms. The Morgan fingerprint density at radius 2 is 1.59 bits per heavy atom. The molecule has 0 heterocycles. The van der Waals surface area contributed by atoms with Crippen LogP contribution in [0.15, 0.2) is 0 Å². The first-order valence-corrected chi connectivity index (χ1v) is 6.38. The molecule has 0 spiro atoms. The minimum atomic E-state index is -0.451. The summed E-state index contributed by atoms with van der Waals surface area (Å²) in [4.78, 5) is 23.2. The highest BCUT2D eigenvalue weighted by atomic mass is 16.2. The fraction of sp³-hybridized carbons (Fsp3) is 0.857. The number of carbonyl (C=O) groups is 2. The minimum Gasteiger partial charge on any atom is -0.351 e. The summed E-state index contributed by atoms with van der Waals surface area (Å²) in [6.07, 6.45) is 0.377. The monoisotopic (exact) mass is 241 g/mol. The number of Topliss-reactive ketones (excluding diaryl/α,β-unsaturated/α-hetero) is 1. The molecule has 0 bridgehead atoms. The fourth-order valence-corrected chi connectivity index (χ4v) is 1.93. The van der Waals surface area contributed by atoms with Crippen LogP contribution < -0.4 is 5.32 Å². The van der Waals surface area contributed by atoms with E-state index in [2.05, 4.69) is 26.1 Å². The van der Waals surface area contributed by atoms with Gasteiger partial charge in [-0.3, -0.25) is 9.59 Å². The first kappa shape index (κ1) is 16.1. The third kappa shape index (κ3) is 5.85. The molecule has 0 saturated carbocycles. The molecule has 1 amide bonds. The second-order valence-electron chi connectivity index (χ2n) is 6.14. The zero-order valence-electron chi connectivity index (χ0n) is 12.3. The molecule has 0 rings (SSSR count). The number of hydrogen-bond donors (Lipinski definition) is 1. The molecule has 0 saturated heterocycles. The van der Waals surface area contributed by atoms with Crippen LogP contribution in [0.25, 0.3) is 0 Å². The van der Waals surface area contributed by atoms with Crippen LogP contribution in [0.3, 0.4) is 0 Å². The van der Waals surface area contributed by atoms with Gasteiger partial charge in [0, 0.05) is 17.9 Å². The van der Waals surface area contributed by atoms with Crippen LogP contribution in [-0.2, 0) is 9.59 Å². The molecule has 0 aromatic heterocycles. The van der Waals surface area contributed by atoms with Gasteiger partial charge in [-0.2, -0.15) is 0 Å². The third-order valence-electron chi connectivity index (χ3n) is 3.41. The first-order valence-electron chi connectivity index (χ1n) is 6.38. The maximum absolute atomic E-state index is 12.1. The molecule has 2 atom stereocenters. The topological polar surface area (TPSA) is 46.2 Å². The molecule has 0 aliphatic carbocycles. The number of amides is 1. The number of rotatable bonds is 6. The van der Waals surface area contributed by atoms with E-state index >= 15 is 0 Å². The Morgan fingerprint density at radius 3 is 1.94 bits per heavy atom. The predicted molar refractivity (Wildman–Crippen MR) is 70.7 cm³/mol. The summed E-state index contributed by atoms with van der Waals surface area (Å²) in [5, 5.41) is 2.96. The van der Waals surface area contributed by atoms with Gasteiger partial charge in [0.25, 0.3) is 0 Å². The van der Waals surface area contributed by atoms with Crippen LogP contribution in [-0.4, -0.2) is 17.2 Å². The average molecular weight is 241 g/mol. The normalized spacial score (nSPS) is 15.5. The Hall–Kier alpha value is -0.860. The van der Waals surface area contributed by atoms with Crippen molar-refractivity contribution >= 4 is 11.7 Å². The maximum Gasteiger partial charge on any atom is 0.223 e. The Balaban J connectivity index is 4.48. The van der Waals surface area contributed by atoms with Crippen molar-refractivity contribution in [2.24, 2.45) is 17.8 Å². The van der Waals surface area contributed by atoms with E-state index in [0.717, 1.165) is 0 Å². The molecule has 0 aliphatic heterocycles. The summed E-state index contributed by atoms with van der Waals surface area (Å²) < 4.78 is 0. The first-order chi connectivity index (χ1) is 7.57. The zero-order valence-corrected chi connectivity index (χ0v) is 12.3. The molecule has 1 N–H and O–H groups in total. The summed E-state index contributed by atoms with van der Waals surface area (Å²) >= 11 is 0. The lowest BCUT2D eigenvalue weighted by Gasteiger charge is -2.30. The molecule has 0 aliphatic rings. The van der Waals surface area contributed by atoms with E-state index in [4.69, 9.17) is 0 Å². The zero-order chi connectivity index (χ0) is 13.8. The third-order valence-corrected chi connectivity index (χ3v) is 3.41. The van der Waals surface area contributed by atoms with E-state index in [-0.39, 0.29) is 17.6 Å². The molecule has 0 aromatic rings. The van der Waals surface area contributed by atoms with Gasteiger partial charge in [0.05, 0.1) is 0 Å². The van der Waals surface area contributed by atoms with Gasteiger partial charge < -0.3 is 5.32 Å². The van der Waals surface area contributed by atoms with Gasteiger partial charge in [-0.1, -0.05) is 27.7 Å². The maximum atomic E-state index is 12.1. The van der Waals surface area contributed by atoms with Gasteiger partial charge in [-0.15, -0.1) is 0 Å². The molecule has 17 heavy (non-hydrogen) atoms. The molecule has 100 valence electrons. The highest BCUT2D eigenvalue weighted by molar-refractivity contribution is 5.81. The van der Waals surface area contributed by atoms with Crippen molar-refractivity contribution in [3.8, 4) is 0 Å². The lowest BCUT2D eigenvalue weighted by Crippen LogP contribution is -2.48. The molecular formula is C14H27NO2. The molecular weight excluding hydrogens is 214 g/mol. The van der Waals surface area contributed by atoms with Crippen LogP contribution >= 0.6 is 0 Å². The van der Waals surface area contributed by atoms with Crippen molar-refractivity contribution in [3.63, 3.8) is 0 Å². The van der Waals surface area contributed by atoms with Crippen molar-refractivity contribution in [1.82, 2.24) is 5.32 Å². The van der Waals surface area contributed by atoms with Crippen LogP contribution in [0.1, 0.15) is 54.9 Å². The van der Waals surface area contributed by atoms with E-state index < -0.39 is 5.54 Å². The second kappa shape index (κ2) is 6.18. The molecule has 0 radical (unpaired) electrons. The molecule has 0 fully saturated rings. The number of carbonyl (C=O) groups excluding carboxylic acids is 2. The standard InChI is InChI=1S/C14H27NO2/c1-9(2)11(4)12(5)13(17)15-14(6,7)8-10(3)16/h9,11-12H,8H2,1-7H3,(H,15,17). The lowest BCUT2D eigenvalue weighted by molar-refractivity contribution is -0.128. The summed E-state index contributed by atoms with van der Waals surface area (Å²) in [5.74, 6) is 0.924. The van der Waals surface area contributed by atoms with Crippen molar-refractivity contribution in [2.45, 2.75) is 60.4 Å². The minimum absolute atomic E-state index is 0.0266.